The average Bonchev–Trinajstić information content (AvgIpc) is 2.74. The summed E-state index contributed by atoms with van der Waals surface area (Å²) in [4.78, 5) is 18.5. The number of amides is 1. The first-order chi connectivity index (χ1) is 9.24. The molecule has 0 saturated carbocycles. The minimum absolute atomic E-state index is 0.00686. The number of carbonyl (C=O) groups excluding carboxylic acids is 1. The van der Waals surface area contributed by atoms with E-state index in [0.717, 1.165) is 18.7 Å². The van der Waals surface area contributed by atoms with Gasteiger partial charge in [0.15, 0.2) is 0 Å². The summed E-state index contributed by atoms with van der Waals surface area (Å²) in [6.07, 6.45) is 3.41. The number of carbonyl (C=O) groups is 1. The van der Waals surface area contributed by atoms with Gasteiger partial charge in [0.2, 0.25) is 5.91 Å². The topological polar surface area (TPSA) is 69.8 Å². The van der Waals surface area contributed by atoms with Crippen molar-refractivity contribution in [3.63, 3.8) is 0 Å². The first-order valence-corrected chi connectivity index (χ1v) is 6.32. The summed E-state index contributed by atoms with van der Waals surface area (Å²) in [5.41, 5.74) is 1.25. The van der Waals surface area contributed by atoms with E-state index < -0.39 is 0 Å². The highest BCUT2D eigenvalue weighted by Crippen LogP contribution is 2.19. The zero-order chi connectivity index (χ0) is 13.2. The lowest BCUT2D eigenvalue weighted by molar-refractivity contribution is -0.122. The van der Waals surface area contributed by atoms with E-state index >= 15 is 0 Å². The number of rotatable bonds is 4. The number of nitrogens with zero attached hydrogens (tertiary/aromatic N) is 1. The van der Waals surface area contributed by atoms with Gasteiger partial charge < -0.3 is 15.6 Å². The van der Waals surface area contributed by atoms with Gasteiger partial charge in [-0.2, -0.15) is 0 Å². The van der Waals surface area contributed by atoms with Crippen molar-refractivity contribution in [3.05, 3.63) is 29.8 Å². The maximum absolute atomic E-state index is 13.6. The van der Waals surface area contributed by atoms with Crippen LogP contribution < -0.4 is 10.6 Å². The third-order valence-electron chi connectivity index (χ3n) is 3.43. The molecular formula is C13H15FN4O. The molecule has 3 rings (SSSR count). The molecule has 0 aromatic carbocycles. The Labute approximate surface area is 109 Å². The van der Waals surface area contributed by atoms with Crippen molar-refractivity contribution in [2.45, 2.75) is 13.0 Å². The third-order valence-corrected chi connectivity index (χ3v) is 3.43. The van der Waals surface area contributed by atoms with Gasteiger partial charge in [0.05, 0.1) is 5.39 Å². The van der Waals surface area contributed by atoms with Crippen molar-refractivity contribution < 1.29 is 9.18 Å². The zero-order valence-corrected chi connectivity index (χ0v) is 10.4. The molecule has 3 heterocycles. The van der Waals surface area contributed by atoms with Crippen molar-refractivity contribution in [3.8, 4) is 0 Å². The van der Waals surface area contributed by atoms with Crippen LogP contribution in [0.3, 0.4) is 0 Å². The van der Waals surface area contributed by atoms with Gasteiger partial charge in [0.25, 0.3) is 0 Å². The first kappa shape index (κ1) is 12.1. The summed E-state index contributed by atoms with van der Waals surface area (Å²) in [7, 11) is 0. The fourth-order valence-corrected chi connectivity index (χ4v) is 2.25. The largest absolute Gasteiger partial charge is 0.352 e. The molecule has 0 atom stereocenters. The van der Waals surface area contributed by atoms with E-state index in [4.69, 9.17) is 0 Å². The summed E-state index contributed by atoms with van der Waals surface area (Å²) in [5.74, 6) is 0.101. The number of halogens is 1. The van der Waals surface area contributed by atoms with Crippen LogP contribution in [0.25, 0.3) is 11.0 Å². The molecule has 2 aromatic heterocycles. The van der Waals surface area contributed by atoms with E-state index in [-0.39, 0.29) is 11.7 Å². The molecule has 6 heteroatoms. The Bertz CT molecular complexity index is 606. The molecule has 100 valence electrons. The number of hydrogen-bond acceptors (Lipinski definition) is 3. The molecule has 1 amide bonds. The molecule has 1 aliphatic rings. The monoisotopic (exact) mass is 262 g/mol. The highest BCUT2D eigenvalue weighted by atomic mass is 19.1. The first-order valence-electron chi connectivity index (χ1n) is 6.32. The molecule has 0 spiro atoms. The van der Waals surface area contributed by atoms with Crippen LogP contribution in [0.15, 0.2) is 18.5 Å². The molecule has 0 radical (unpaired) electrons. The number of nitrogens with one attached hydrogen (secondary N) is 3. The number of pyridine rings is 1. The summed E-state index contributed by atoms with van der Waals surface area (Å²) >= 11 is 0. The van der Waals surface area contributed by atoms with Crippen molar-refractivity contribution in [2.75, 3.05) is 13.1 Å². The van der Waals surface area contributed by atoms with Gasteiger partial charge in [-0.3, -0.25) is 4.79 Å². The van der Waals surface area contributed by atoms with Crippen LogP contribution in [0.5, 0.6) is 0 Å². The second-order valence-electron chi connectivity index (χ2n) is 4.84. The Hall–Kier alpha value is -1.95. The van der Waals surface area contributed by atoms with E-state index in [9.17, 15) is 9.18 Å². The molecule has 0 bridgehead atoms. The Morgan fingerprint density at radius 1 is 1.53 bits per heavy atom. The van der Waals surface area contributed by atoms with E-state index in [1.807, 2.05) is 0 Å². The molecule has 1 aliphatic heterocycles. The molecule has 3 N–H and O–H groups in total. The zero-order valence-electron chi connectivity index (χ0n) is 10.4. The highest BCUT2D eigenvalue weighted by molar-refractivity contribution is 5.81. The Balaban J connectivity index is 1.67. The van der Waals surface area contributed by atoms with Gasteiger partial charge in [-0.25, -0.2) is 9.37 Å². The van der Waals surface area contributed by atoms with Crippen LogP contribution in [0.2, 0.25) is 0 Å². The minimum Gasteiger partial charge on any atom is -0.352 e. The quantitative estimate of drug-likeness (QED) is 0.767. The predicted molar refractivity (Wildman–Crippen MR) is 68.9 cm³/mol. The van der Waals surface area contributed by atoms with Gasteiger partial charge in [-0.05, 0) is 30.6 Å². The summed E-state index contributed by atoms with van der Waals surface area (Å²) in [5, 5.41) is 6.41. The molecule has 0 unspecified atom stereocenters. The van der Waals surface area contributed by atoms with Crippen molar-refractivity contribution >= 4 is 16.9 Å². The van der Waals surface area contributed by atoms with E-state index in [1.165, 1.54) is 6.20 Å². The number of fused-ring (bicyclic) bond motifs is 1. The van der Waals surface area contributed by atoms with Crippen molar-refractivity contribution in [1.82, 2.24) is 20.6 Å². The Morgan fingerprint density at radius 2 is 2.37 bits per heavy atom. The maximum atomic E-state index is 13.6. The van der Waals surface area contributed by atoms with Crippen LogP contribution in [0.4, 0.5) is 4.39 Å². The molecule has 5 nitrogen and oxygen atoms in total. The Morgan fingerprint density at radius 3 is 3.11 bits per heavy atom. The summed E-state index contributed by atoms with van der Waals surface area (Å²) in [6, 6.07) is 1.73. The van der Waals surface area contributed by atoms with E-state index in [1.54, 1.807) is 12.3 Å². The summed E-state index contributed by atoms with van der Waals surface area (Å²) < 4.78 is 13.6. The van der Waals surface area contributed by atoms with E-state index in [2.05, 4.69) is 20.6 Å². The van der Waals surface area contributed by atoms with Gasteiger partial charge in [-0.15, -0.1) is 0 Å². The molecule has 1 fully saturated rings. The van der Waals surface area contributed by atoms with E-state index in [0.29, 0.717) is 29.9 Å². The molecule has 1 saturated heterocycles. The van der Waals surface area contributed by atoms with Crippen molar-refractivity contribution in [2.24, 2.45) is 5.92 Å². The fraction of sp³-hybridized carbons (Fsp3) is 0.385. The predicted octanol–water partition coefficient (Wildman–Crippen LogP) is 0.928. The van der Waals surface area contributed by atoms with Crippen LogP contribution in [-0.4, -0.2) is 29.0 Å². The number of aromatic nitrogens is 2. The number of hydrogen-bond donors (Lipinski definition) is 3. The van der Waals surface area contributed by atoms with Crippen LogP contribution >= 0.6 is 0 Å². The van der Waals surface area contributed by atoms with Crippen LogP contribution in [0.1, 0.15) is 12.0 Å². The fourth-order valence-electron chi connectivity index (χ4n) is 2.25. The molecule has 19 heavy (non-hydrogen) atoms. The van der Waals surface area contributed by atoms with Gasteiger partial charge in [0, 0.05) is 25.4 Å². The van der Waals surface area contributed by atoms with Crippen LogP contribution in [-0.2, 0) is 11.3 Å². The second kappa shape index (κ2) is 4.97. The lowest BCUT2D eigenvalue weighted by Gasteiger charge is -2.26. The SMILES string of the molecule is O=C(CC1CNC1)NCc1ccnc2[nH]cc(F)c12. The van der Waals surface area contributed by atoms with Gasteiger partial charge >= 0.3 is 0 Å². The standard InChI is InChI=1S/C13H15FN4O/c14-10-7-18-13-12(10)9(1-2-16-13)6-17-11(19)3-8-4-15-5-8/h1-2,7-8,15H,3-6H2,(H,16,18)(H,17,19). The van der Waals surface area contributed by atoms with Crippen molar-refractivity contribution in [1.29, 1.82) is 0 Å². The number of aromatic amines is 1. The van der Waals surface area contributed by atoms with Gasteiger partial charge in [-0.1, -0.05) is 0 Å². The highest BCUT2D eigenvalue weighted by Gasteiger charge is 2.20. The molecular weight excluding hydrogens is 247 g/mol. The Kier molecular flexibility index (Phi) is 3.16. The lowest BCUT2D eigenvalue weighted by Crippen LogP contribution is -2.44. The smallest absolute Gasteiger partial charge is 0.220 e. The normalized spacial score (nSPS) is 15.4. The minimum atomic E-state index is -0.337. The maximum Gasteiger partial charge on any atom is 0.220 e. The molecule has 2 aromatic rings. The lowest BCUT2D eigenvalue weighted by atomic mass is 9.99. The van der Waals surface area contributed by atoms with Gasteiger partial charge in [0.1, 0.15) is 11.5 Å². The number of H-pyrrole nitrogens is 1. The van der Waals surface area contributed by atoms with Crippen LogP contribution in [0, 0.1) is 11.7 Å². The summed E-state index contributed by atoms with van der Waals surface area (Å²) in [6.45, 7) is 2.13. The third kappa shape index (κ3) is 2.44. The molecule has 0 aliphatic carbocycles. The average molecular weight is 262 g/mol. The second-order valence-corrected chi connectivity index (χ2v) is 4.84.